The molecular formula is C12H22N2O3S. The van der Waals surface area contributed by atoms with Crippen molar-refractivity contribution >= 4 is 23.8 Å². The Morgan fingerprint density at radius 1 is 1.56 bits per heavy atom. The van der Waals surface area contributed by atoms with Crippen molar-refractivity contribution in [3.8, 4) is 0 Å². The predicted molar refractivity (Wildman–Crippen MR) is 72.9 cm³/mol. The van der Waals surface area contributed by atoms with Crippen molar-refractivity contribution in [2.45, 2.75) is 32.7 Å². The number of hydrogen-bond acceptors (Lipinski definition) is 3. The number of likely N-dealkylation sites (tertiary alicyclic amines) is 1. The fraction of sp³-hybridized carbons (Fsp3) is 0.833. The number of thioether (sulfide) groups is 1. The second-order valence-electron chi connectivity index (χ2n) is 4.71. The van der Waals surface area contributed by atoms with Gasteiger partial charge in [-0.05, 0) is 25.0 Å². The highest BCUT2D eigenvalue weighted by atomic mass is 32.2. The van der Waals surface area contributed by atoms with Crippen LogP contribution in [0.3, 0.4) is 0 Å². The number of carbonyl (C=O) groups excluding carboxylic acids is 1. The summed E-state index contributed by atoms with van der Waals surface area (Å²) in [6, 6.07) is 0.0908. The molecule has 1 saturated heterocycles. The first kappa shape index (κ1) is 15.1. The lowest BCUT2D eigenvalue weighted by Crippen LogP contribution is -2.43. The van der Waals surface area contributed by atoms with Crippen LogP contribution in [0.5, 0.6) is 0 Å². The van der Waals surface area contributed by atoms with Gasteiger partial charge in [-0.3, -0.25) is 4.79 Å². The van der Waals surface area contributed by atoms with Gasteiger partial charge in [-0.25, -0.2) is 4.79 Å². The van der Waals surface area contributed by atoms with Crippen LogP contribution in [0.1, 0.15) is 26.7 Å². The number of carboxylic acids is 1. The second-order valence-corrected chi connectivity index (χ2v) is 6.03. The molecule has 104 valence electrons. The molecule has 0 radical (unpaired) electrons. The molecule has 2 atom stereocenters. The minimum absolute atomic E-state index is 0.0629. The molecule has 0 spiro atoms. The zero-order valence-corrected chi connectivity index (χ0v) is 11.8. The molecule has 0 aromatic heterocycles. The lowest BCUT2D eigenvalue weighted by molar-refractivity contribution is -0.138. The summed E-state index contributed by atoms with van der Waals surface area (Å²) in [7, 11) is 0. The Bertz CT molecular complexity index is 299. The molecule has 2 unspecified atom stereocenters. The summed E-state index contributed by atoms with van der Waals surface area (Å²) in [5, 5.41) is 11.7. The third-order valence-electron chi connectivity index (χ3n) is 2.98. The van der Waals surface area contributed by atoms with Crippen molar-refractivity contribution < 1.29 is 14.7 Å². The van der Waals surface area contributed by atoms with E-state index in [1.54, 1.807) is 16.7 Å². The molecule has 0 aromatic carbocycles. The molecule has 18 heavy (non-hydrogen) atoms. The third-order valence-corrected chi connectivity index (χ3v) is 4.12. The Kier molecular flexibility index (Phi) is 6.32. The molecule has 6 heteroatoms. The summed E-state index contributed by atoms with van der Waals surface area (Å²) in [6.07, 6.45) is 0.947. The van der Waals surface area contributed by atoms with Crippen LogP contribution in [-0.2, 0) is 4.79 Å². The number of nitrogens with one attached hydrogen (secondary N) is 1. The van der Waals surface area contributed by atoms with E-state index in [1.807, 2.05) is 6.92 Å². The Morgan fingerprint density at radius 2 is 2.28 bits per heavy atom. The fourth-order valence-corrected chi connectivity index (χ4v) is 2.74. The van der Waals surface area contributed by atoms with Gasteiger partial charge in [-0.15, -0.1) is 0 Å². The van der Waals surface area contributed by atoms with Crippen LogP contribution < -0.4 is 5.32 Å². The van der Waals surface area contributed by atoms with Crippen LogP contribution in [0.25, 0.3) is 0 Å². The first-order valence-electron chi connectivity index (χ1n) is 6.37. The maximum absolute atomic E-state index is 11.9. The lowest BCUT2D eigenvalue weighted by atomic mass is 10.1. The minimum atomic E-state index is -0.782. The highest BCUT2D eigenvalue weighted by molar-refractivity contribution is 7.99. The molecule has 2 amide bonds. The Morgan fingerprint density at radius 3 is 2.89 bits per heavy atom. The smallest absolute Gasteiger partial charge is 0.317 e. The van der Waals surface area contributed by atoms with E-state index in [2.05, 4.69) is 12.2 Å². The van der Waals surface area contributed by atoms with Crippen LogP contribution in [-0.4, -0.2) is 52.6 Å². The van der Waals surface area contributed by atoms with Gasteiger partial charge in [0.2, 0.25) is 0 Å². The molecule has 1 aliphatic heterocycles. The number of aliphatic carboxylic acids is 1. The number of carboxylic acid groups (broad SMARTS) is 1. The number of nitrogens with zero attached hydrogens (tertiary/aromatic N) is 1. The van der Waals surface area contributed by atoms with E-state index >= 15 is 0 Å². The van der Waals surface area contributed by atoms with E-state index in [0.29, 0.717) is 13.1 Å². The maximum Gasteiger partial charge on any atom is 0.317 e. The monoisotopic (exact) mass is 274 g/mol. The van der Waals surface area contributed by atoms with E-state index in [1.165, 1.54) is 0 Å². The number of carbonyl (C=O) groups is 2. The summed E-state index contributed by atoms with van der Waals surface area (Å²) in [6.45, 7) is 5.31. The number of hydrogen-bond donors (Lipinski definition) is 2. The van der Waals surface area contributed by atoms with E-state index in [4.69, 9.17) is 5.11 Å². The molecule has 1 fully saturated rings. The minimum Gasteiger partial charge on any atom is -0.481 e. The lowest BCUT2D eigenvalue weighted by Gasteiger charge is -2.20. The molecule has 1 heterocycles. The van der Waals surface area contributed by atoms with Gasteiger partial charge in [-0.1, -0.05) is 6.92 Å². The van der Waals surface area contributed by atoms with Crippen molar-refractivity contribution in [1.29, 1.82) is 0 Å². The Balaban J connectivity index is 2.29. The first-order chi connectivity index (χ1) is 8.52. The van der Waals surface area contributed by atoms with Crippen LogP contribution >= 0.6 is 11.8 Å². The van der Waals surface area contributed by atoms with E-state index < -0.39 is 5.97 Å². The predicted octanol–water partition coefficient (Wildman–Crippen LogP) is 1.63. The highest BCUT2D eigenvalue weighted by Crippen LogP contribution is 2.19. The standard InChI is InChI=1S/C12H22N2O3S/c1-3-18-8-9(2)13-12(17)14-5-4-10(7-14)6-11(15)16/h9-10H,3-8H2,1-2H3,(H,13,17)(H,15,16). The maximum atomic E-state index is 11.9. The summed E-state index contributed by atoms with van der Waals surface area (Å²) in [5.74, 6) is 1.28. The molecule has 0 saturated carbocycles. The average Bonchev–Trinajstić information content (AvgIpc) is 2.73. The van der Waals surface area contributed by atoms with Gasteiger partial charge >= 0.3 is 12.0 Å². The first-order valence-corrected chi connectivity index (χ1v) is 7.53. The SMILES string of the molecule is CCSCC(C)NC(=O)N1CCC(CC(=O)O)C1. The largest absolute Gasteiger partial charge is 0.481 e. The highest BCUT2D eigenvalue weighted by Gasteiger charge is 2.28. The fourth-order valence-electron chi connectivity index (χ4n) is 2.07. The second kappa shape index (κ2) is 7.51. The number of rotatable bonds is 6. The van der Waals surface area contributed by atoms with Crippen molar-refractivity contribution in [3.05, 3.63) is 0 Å². The van der Waals surface area contributed by atoms with Gasteiger partial charge in [0.15, 0.2) is 0 Å². The summed E-state index contributed by atoms with van der Waals surface area (Å²) in [5.41, 5.74) is 0. The number of amides is 2. The van der Waals surface area contributed by atoms with Crippen molar-refractivity contribution in [2.75, 3.05) is 24.6 Å². The van der Waals surface area contributed by atoms with Crippen LogP contribution in [0.4, 0.5) is 4.79 Å². The Labute approximate surface area is 112 Å². The van der Waals surface area contributed by atoms with Crippen LogP contribution in [0.2, 0.25) is 0 Å². The molecule has 1 aliphatic rings. The topological polar surface area (TPSA) is 69.6 Å². The van der Waals surface area contributed by atoms with Gasteiger partial charge in [-0.2, -0.15) is 11.8 Å². The van der Waals surface area contributed by atoms with Gasteiger partial charge in [0, 0.05) is 31.3 Å². The molecular weight excluding hydrogens is 252 g/mol. The van der Waals surface area contributed by atoms with E-state index in [0.717, 1.165) is 17.9 Å². The van der Waals surface area contributed by atoms with Gasteiger partial charge < -0.3 is 15.3 Å². The van der Waals surface area contributed by atoms with Gasteiger partial charge in [0.1, 0.15) is 0 Å². The number of urea groups is 1. The van der Waals surface area contributed by atoms with Gasteiger partial charge in [0.25, 0.3) is 0 Å². The molecule has 0 bridgehead atoms. The van der Waals surface area contributed by atoms with Crippen LogP contribution in [0.15, 0.2) is 0 Å². The van der Waals surface area contributed by atoms with Crippen LogP contribution in [0, 0.1) is 5.92 Å². The quantitative estimate of drug-likeness (QED) is 0.772. The molecule has 1 rings (SSSR count). The average molecular weight is 274 g/mol. The Hall–Kier alpha value is -0.910. The van der Waals surface area contributed by atoms with Gasteiger partial charge in [0.05, 0.1) is 0 Å². The summed E-state index contributed by atoms with van der Waals surface area (Å²) < 4.78 is 0. The zero-order chi connectivity index (χ0) is 13.5. The molecule has 0 aliphatic carbocycles. The van der Waals surface area contributed by atoms with Crippen molar-refractivity contribution in [2.24, 2.45) is 5.92 Å². The summed E-state index contributed by atoms with van der Waals surface area (Å²) in [4.78, 5) is 24.2. The van der Waals surface area contributed by atoms with Crippen molar-refractivity contribution in [1.82, 2.24) is 10.2 Å². The molecule has 0 aromatic rings. The zero-order valence-electron chi connectivity index (χ0n) is 11.0. The third kappa shape index (κ3) is 5.16. The summed E-state index contributed by atoms with van der Waals surface area (Å²) >= 11 is 1.80. The molecule has 2 N–H and O–H groups in total. The molecule has 5 nitrogen and oxygen atoms in total. The van der Waals surface area contributed by atoms with E-state index in [-0.39, 0.29) is 24.4 Å². The van der Waals surface area contributed by atoms with Crippen molar-refractivity contribution in [3.63, 3.8) is 0 Å². The normalized spacial score (nSPS) is 20.8. The van der Waals surface area contributed by atoms with E-state index in [9.17, 15) is 9.59 Å².